The minimum absolute atomic E-state index is 0.0807. The van der Waals surface area contributed by atoms with Gasteiger partial charge >= 0.3 is 6.61 Å². The number of alkyl halides is 2. The first-order valence-electron chi connectivity index (χ1n) is 5.77. The van der Waals surface area contributed by atoms with Gasteiger partial charge in [0.1, 0.15) is 5.75 Å². The van der Waals surface area contributed by atoms with Crippen LogP contribution in [0.15, 0.2) is 46.9 Å². The molecule has 0 unspecified atom stereocenters. The van der Waals surface area contributed by atoms with E-state index in [-0.39, 0.29) is 11.3 Å². The number of rotatable bonds is 4. The standard InChI is InChI=1S/C14H9BrClF2NO2/c15-11-5-4-9(16)7-12(11)19-13(20)8-2-1-3-10(6-8)21-14(17)18/h1-7,14H,(H,19,20). The van der Waals surface area contributed by atoms with Crippen molar-refractivity contribution in [3.05, 3.63) is 57.5 Å². The molecule has 3 nitrogen and oxygen atoms in total. The van der Waals surface area contributed by atoms with Gasteiger partial charge in [-0.1, -0.05) is 17.7 Å². The second-order valence-electron chi connectivity index (χ2n) is 3.98. The highest BCUT2D eigenvalue weighted by Crippen LogP contribution is 2.26. The first kappa shape index (κ1) is 15.7. The van der Waals surface area contributed by atoms with E-state index in [4.69, 9.17) is 11.6 Å². The van der Waals surface area contributed by atoms with Crippen LogP contribution < -0.4 is 10.1 Å². The predicted molar refractivity (Wildman–Crippen MR) is 80.2 cm³/mol. The fourth-order valence-electron chi connectivity index (χ4n) is 1.60. The fraction of sp³-hybridized carbons (Fsp3) is 0.0714. The van der Waals surface area contributed by atoms with Gasteiger partial charge in [-0.2, -0.15) is 8.78 Å². The van der Waals surface area contributed by atoms with E-state index in [1.54, 1.807) is 18.2 Å². The number of hydrogen-bond acceptors (Lipinski definition) is 2. The van der Waals surface area contributed by atoms with Gasteiger partial charge in [-0.25, -0.2) is 0 Å². The second kappa shape index (κ2) is 6.87. The van der Waals surface area contributed by atoms with Crippen molar-refractivity contribution in [2.45, 2.75) is 6.61 Å². The maximum Gasteiger partial charge on any atom is 0.387 e. The third kappa shape index (κ3) is 4.41. The maximum absolute atomic E-state index is 12.2. The first-order valence-corrected chi connectivity index (χ1v) is 6.94. The minimum Gasteiger partial charge on any atom is -0.435 e. The highest BCUT2D eigenvalue weighted by Gasteiger charge is 2.11. The first-order chi connectivity index (χ1) is 9.95. The molecule has 110 valence electrons. The zero-order valence-electron chi connectivity index (χ0n) is 10.4. The number of ether oxygens (including phenoxy) is 1. The second-order valence-corrected chi connectivity index (χ2v) is 5.28. The molecular weight excluding hydrogens is 368 g/mol. The van der Waals surface area contributed by atoms with E-state index in [2.05, 4.69) is 26.0 Å². The number of hydrogen-bond donors (Lipinski definition) is 1. The summed E-state index contributed by atoms with van der Waals surface area (Å²) in [6, 6.07) is 10.5. The van der Waals surface area contributed by atoms with E-state index in [0.717, 1.165) is 0 Å². The Hall–Kier alpha value is -1.66. The van der Waals surface area contributed by atoms with Crippen molar-refractivity contribution in [1.29, 1.82) is 0 Å². The molecule has 2 rings (SSSR count). The molecule has 0 saturated carbocycles. The highest BCUT2D eigenvalue weighted by molar-refractivity contribution is 9.10. The molecule has 0 radical (unpaired) electrons. The molecular formula is C14H9BrClF2NO2. The number of amides is 1. The normalized spacial score (nSPS) is 10.5. The summed E-state index contributed by atoms with van der Waals surface area (Å²) in [5, 5.41) is 3.10. The zero-order chi connectivity index (χ0) is 15.4. The van der Waals surface area contributed by atoms with Crippen LogP contribution in [0, 0.1) is 0 Å². The van der Waals surface area contributed by atoms with Crippen LogP contribution in [0.4, 0.5) is 14.5 Å². The van der Waals surface area contributed by atoms with Crippen molar-refractivity contribution < 1.29 is 18.3 Å². The van der Waals surface area contributed by atoms with Crippen LogP contribution in [0.1, 0.15) is 10.4 Å². The van der Waals surface area contributed by atoms with E-state index < -0.39 is 12.5 Å². The van der Waals surface area contributed by atoms with Crippen molar-refractivity contribution in [2.75, 3.05) is 5.32 Å². The molecule has 0 spiro atoms. The topological polar surface area (TPSA) is 38.3 Å². The molecule has 0 aliphatic rings. The maximum atomic E-state index is 12.2. The van der Waals surface area contributed by atoms with Crippen LogP contribution in [0.25, 0.3) is 0 Å². The van der Waals surface area contributed by atoms with Crippen LogP contribution in [-0.2, 0) is 0 Å². The Morgan fingerprint density at radius 1 is 1.24 bits per heavy atom. The number of carbonyl (C=O) groups is 1. The highest BCUT2D eigenvalue weighted by atomic mass is 79.9. The van der Waals surface area contributed by atoms with E-state index in [1.807, 2.05) is 0 Å². The largest absolute Gasteiger partial charge is 0.435 e. The molecule has 0 aromatic heterocycles. The molecule has 0 bridgehead atoms. The summed E-state index contributed by atoms with van der Waals surface area (Å²) in [7, 11) is 0. The van der Waals surface area contributed by atoms with Crippen LogP contribution >= 0.6 is 27.5 Å². The zero-order valence-corrected chi connectivity index (χ0v) is 12.8. The van der Waals surface area contributed by atoms with E-state index in [9.17, 15) is 13.6 Å². The fourth-order valence-corrected chi connectivity index (χ4v) is 2.12. The molecule has 7 heteroatoms. The summed E-state index contributed by atoms with van der Waals surface area (Å²) in [6.45, 7) is -2.94. The van der Waals surface area contributed by atoms with Gasteiger partial charge in [0.15, 0.2) is 0 Å². The minimum atomic E-state index is -2.94. The summed E-state index contributed by atoms with van der Waals surface area (Å²) >= 11 is 9.13. The average molecular weight is 377 g/mol. The van der Waals surface area contributed by atoms with Gasteiger partial charge in [-0.3, -0.25) is 4.79 Å². The lowest BCUT2D eigenvalue weighted by molar-refractivity contribution is -0.0498. The molecule has 1 N–H and O–H groups in total. The summed E-state index contributed by atoms with van der Waals surface area (Å²) < 4.78 is 29.2. The molecule has 1 amide bonds. The summed E-state index contributed by atoms with van der Waals surface area (Å²) in [5.41, 5.74) is 0.674. The van der Waals surface area contributed by atoms with Crippen LogP contribution in [0.2, 0.25) is 5.02 Å². The smallest absolute Gasteiger partial charge is 0.387 e. The molecule has 0 heterocycles. The van der Waals surface area contributed by atoms with Gasteiger partial charge < -0.3 is 10.1 Å². The van der Waals surface area contributed by atoms with Crippen molar-refractivity contribution in [1.82, 2.24) is 0 Å². The Morgan fingerprint density at radius 3 is 2.71 bits per heavy atom. The van der Waals surface area contributed by atoms with Crippen molar-refractivity contribution in [3.8, 4) is 5.75 Å². The van der Waals surface area contributed by atoms with Gasteiger partial charge in [0.2, 0.25) is 0 Å². The lowest BCUT2D eigenvalue weighted by atomic mass is 10.2. The molecule has 21 heavy (non-hydrogen) atoms. The average Bonchev–Trinajstić information content (AvgIpc) is 2.42. The molecule has 0 saturated heterocycles. The number of benzene rings is 2. The van der Waals surface area contributed by atoms with E-state index in [1.165, 1.54) is 24.3 Å². The van der Waals surface area contributed by atoms with Crippen LogP contribution in [0.3, 0.4) is 0 Å². The van der Waals surface area contributed by atoms with Gasteiger partial charge in [0.25, 0.3) is 5.91 Å². The van der Waals surface area contributed by atoms with Gasteiger partial charge in [0, 0.05) is 15.1 Å². The Kier molecular flexibility index (Phi) is 5.14. The Bertz CT molecular complexity index is 667. The third-order valence-electron chi connectivity index (χ3n) is 2.50. The molecule has 0 aliphatic carbocycles. The number of nitrogens with one attached hydrogen (secondary N) is 1. The number of halogens is 4. The number of anilines is 1. The SMILES string of the molecule is O=C(Nc1cc(Cl)ccc1Br)c1cccc(OC(F)F)c1. The van der Waals surface area contributed by atoms with Crippen molar-refractivity contribution >= 4 is 39.1 Å². The summed E-state index contributed by atoms with van der Waals surface area (Å²) in [6.07, 6.45) is 0. The van der Waals surface area contributed by atoms with Gasteiger partial charge in [0.05, 0.1) is 5.69 Å². The Morgan fingerprint density at radius 2 is 2.00 bits per heavy atom. The molecule has 0 fully saturated rings. The lowest BCUT2D eigenvalue weighted by Crippen LogP contribution is -2.12. The summed E-state index contributed by atoms with van der Waals surface area (Å²) in [4.78, 5) is 12.1. The third-order valence-corrected chi connectivity index (χ3v) is 3.42. The summed E-state index contributed by atoms with van der Waals surface area (Å²) in [5.74, 6) is -0.541. The van der Waals surface area contributed by atoms with Crippen LogP contribution in [-0.4, -0.2) is 12.5 Å². The van der Waals surface area contributed by atoms with Gasteiger partial charge in [-0.05, 0) is 52.3 Å². The van der Waals surface area contributed by atoms with Crippen molar-refractivity contribution in [2.24, 2.45) is 0 Å². The Labute approximate surface area is 133 Å². The molecule has 0 atom stereocenters. The van der Waals surface area contributed by atoms with E-state index in [0.29, 0.717) is 15.2 Å². The predicted octanol–water partition coefficient (Wildman–Crippen LogP) is 4.96. The van der Waals surface area contributed by atoms with Gasteiger partial charge in [-0.15, -0.1) is 0 Å². The number of carbonyl (C=O) groups excluding carboxylic acids is 1. The van der Waals surface area contributed by atoms with Crippen LogP contribution in [0.5, 0.6) is 5.75 Å². The molecule has 2 aromatic rings. The molecule has 2 aromatic carbocycles. The quantitative estimate of drug-likeness (QED) is 0.819. The van der Waals surface area contributed by atoms with E-state index >= 15 is 0 Å². The van der Waals surface area contributed by atoms with Crippen molar-refractivity contribution in [3.63, 3.8) is 0 Å². The lowest BCUT2D eigenvalue weighted by Gasteiger charge is -2.09. The molecule has 0 aliphatic heterocycles. The Balaban J connectivity index is 2.18. The monoisotopic (exact) mass is 375 g/mol.